The molecule has 0 aromatic rings. The van der Waals surface area contributed by atoms with Gasteiger partial charge in [0.15, 0.2) is 0 Å². The number of nitrogens with one attached hydrogen (secondary N) is 1. The van der Waals surface area contributed by atoms with Gasteiger partial charge in [0.05, 0.1) is 4.99 Å². The summed E-state index contributed by atoms with van der Waals surface area (Å²) in [6.45, 7) is 2.63. The van der Waals surface area contributed by atoms with Crippen LogP contribution in [-0.2, 0) is 0 Å². The Bertz CT molecular complexity index is 259. The van der Waals surface area contributed by atoms with Crippen molar-refractivity contribution in [2.45, 2.75) is 57.9 Å². The Hall–Kier alpha value is -0.150. The van der Waals surface area contributed by atoms with E-state index in [2.05, 4.69) is 12.2 Å². The molecule has 2 fully saturated rings. The van der Waals surface area contributed by atoms with Gasteiger partial charge in [0, 0.05) is 12.6 Å². The standard InChI is InChI=1S/C13H23NOS/c1-10-9-13(10)6-4-11(5-7-13)14-12(16)3-2-8-15/h10-11,15H,2-9H2,1H3,(H,14,16)/t10-,11?,13?/m1/s1. The van der Waals surface area contributed by atoms with Crippen molar-refractivity contribution in [3.8, 4) is 0 Å². The number of aliphatic hydroxyl groups is 1. The molecule has 92 valence electrons. The molecule has 0 unspecified atom stereocenters. The van der Waals surface area contributed by atoms with Crippen molar-refractivity contribution in [3.63, 3.8) is 0 Å². The summed E-state index contributed by atoms with van der Waals surface area (Å²) in [6.07, 6.45) is 8.41. The molecule has 2 N–H and O–H groups in total. The van der Waals surface area contributed by atoms with Crippen molar-refractivity contribution < 1.29 is 5.11 Å². The number of hydrogen-bond donors (Lipinski definition) is 2. The van der Waals surface area contributed by atoms with Crippen LogP contribution in [0.5, 0.6) is 0 Å². The third-order valence-electron chi connectivity index (χ3n) is 4.51. The van der Waals surface area contributed by atoms with Crippen molar-refractivity contribution in [3.05, 3.63) is 0 Å². The van der Waals surface area contributed by atoms with Crippen LogP contribution in [0.15, 0.2) is 0 Å². The molecule has 1 atom stereocenters. The molecule has 0 aromatic heterocycles. The smallest absolute Gasteiger partial charge is 0.0756 e. The second kappa shape index (κ2) is 5.01. The molecule has 0 aliphatic heterocycles. The van der Waals surface area contributed by atoms with Crippen LogP contribution in [0, 0.1) is 11.3 Å². The number of hydrogen-bond acceptors (Lipinski definition) is 2. The zero-order valence-corrected chi connectivity index (χ0v) is 11.0. The minimum absolute atomic E-state index is 0.243. The van der Waals surface area contributed by atoms with Crippen LogP contribution in [0.1, 0.15) is 51.9 Å². The SMILES string of the molecule is C[C@@H]1CC12CCC(NC(=S)CCCO)CC2. The van der Waals surface area contributed by atoms with Gasteiger partial charge in [0.2, 0.25) is 0 Å². The van der Waals surface area contributed by atoms with Crippen LogP contribution in [0.25, 0.3) is 0 Å². The first-order chi connectivity index (χ1) is 7.66. The fourth-order valence-electron chi connectivity index (χ4n) is 3.12. The van der Waals surface area contributed by atoms with Gasteiger partial charge in [-0.2, -0.15) is 0 Å². The minimum Gasteiger partial charge on any atom is -0.396 e. The van der Waals surface area contributed by atoms with E-state index in [1.165, 1.54) is 32.1 Å². The third-order valence-corrected chi connectivity index (χ3v) is 4.83. The molecule has 0 bridgehead atoms. The Kier molecular flexibility index (Phi) is 3.85. The van der Waals surface area contributed by atoms with E-state index in [0.29, 0.717) is 6.04 Å². The molecule has 0 heterocycles. The third kappa shape index (κ3) is 2.75. The van der Waals surface area contributed by atoms with Gasteiger partial charge in [0.25, 0.3) is 0 Å². The lowest BCUT2D eigenvalue weighted by atomic mass is 9.82. The molecular weight excluding hydrogens is 218 g/mol. The summed E-state index contributed by atoms with van der Waals surface area (Å²) in [4.78, 5) is 0.943. The highest BCUT2D eigenvalue weighted by Gasteiger charge is 2.51. The summed E-state index contributed by atoms with van der Waals surface area (Å²) in [5.41, 5.74) is 0.727. The lowest BCUT2D eigenvalue weighted by molar-refractivity contribution is 0.273. The van der Waals surface area contributed by atoms with E-state index in [1.54, 1.807) is 0 Å². The summed E-state index contributed by atoms with van der Waals surface area (Å²) in [5, 5.41) is 12.2. The second-order valence-electron chi connectivity index (χ2n) is 5.64. The lowest BCUT2D eigenvalue weighted by Gasteiger charge is -2.30. The Labute approximate surface area is 104 Å². The maximum absolute atomic E-state index is 8.74. The molecule has 2 aliphatic carbocycles. The van der Waals surface area contributed by atoms with Gasteiger partial charge in [-0.05, 0) is 56.3 Å². The molecule has 2 saturated carbocycles. The van der Waals surface area contributed by atoms with E-state index in [1.807, 2.05) is 0 Å². The Morgan fingerprint density at radius 1 is 1.44 bits per heavy atom. The van der Waals surface area contributed by atoms with Crippen molar-refractivity contribution in [1.82, 2.24) is 5.32 Å². The maximum atomic E-state index is 8.74. The molecule has 1 spiro atoms. The van der Waals surface area contributed by atoms with Crippen LogP contribution >= 0.6 is 12.2 Å². The second-order valence-corrected chi connectivity index (χ2v) is 6.13. The number of aliphatic hydroxyl groups excluding tert-OH is 1. The lowest BCUT2D eigenvalue weighted by Crippen LogP contribution is -2.37. The molecule has 0 aromatic carbocycles. The summed E-state index contributed by atoms with van der Waals surface area (Å²) >= 11 is 5.27. The fourth-order valence-corrected chi connectivity index (χ4v) is 3.44. The largest absolute Gasteiger partial charge is 0.396 e. The Morgan fingerprint density at radius 2 is 2.06 bits per heavy atom. The van der Waals surface area contributed by atoms with Gasteiger partial charge in [-0.1, -0.05) is 19.1 Å². The molecular formula is C13H23NOS. The predicted molar refractivity (Wildman–Crippen MR) is 70.5 cm³/mol. The van der Waals surface area contributed by atoms with Gasteiger partial charge in [0.1, 0.15) is 0 Å². The van der Waals surface area contributed by atoms with E-state index >= 15 is 0 Å². The highest BCUT2D eigenvalue weighted by Crippen LogP contribution is 2.60. The summed E-state index contributed by atoms with van der Waals surface area (Å²) in [5.74, 6) is 0.967. The van der Waals surface area contributed by atoms with Crippen LogP contribution in [-0.4, -0.2) is 22.7 Å². The van der Waals surface area contributed by atoms with Crippen LogP contribution in [0.2, 0.25) is 0 Å². The molecule has 2 nitrogen and oxygen atoms in total. The van der Waals surface area contributed by atoms with E-state index in [4.69, 9.17) is 17.3 Å². The van der Waals surface area contributed by atoms with Gasteiger partial charge in [-0.15, -0.1) is 0 Å². The van der Waals surface area contributed by atoms with Gasteiger partial charge in [-0.3, -0.25) is 0 Å². The highest BCUT2D eigenvalue weighted by molar-refractivity contribution is 7.80. The molecule has 3 heteroatoms. The zero-order valence-electron chi connectivity index (χ0n) is 10.2. The minimum atomic E-state index is 0.243. The van der Waals surface area contributed by atoms with Crippen LogP contribution in [0.3, 0.4) is 0 Å². The summed E-state index contributed by atoms with van der Waals surface area (Å²) in [6, 6.07) is 0.601. The summed E-state index contributed by atoms with van der Waals surface area (Å²) in [7, 11) is 0. The Morgan fingerprint density at radius 3 is 2.56 bits per heavy atom. The monoisotopic (exact) mass is 241 g/mol. The molecule has 16 heavy (non-hydrogen) atoms. The van der Waals surface area contributed by atoms with Crippen molar-refractivity contribution >= 4 is 17.2 Å². The van der Waals surface area contributed by atoms with Crippen molar-refractivity contribution in [1.29, 1.82) is 0 Å². The zero-order chi connectivity index (χ0) is 11.6. The molecule has 0 amide bonds. The predicted octanol–water partition coefficient (Wildman–Crippen LogP) is 2.64. The highest BCUT2D eigenvalue weighted by atomic mass is 32.1. The van der Waals surface area contributed by atoms with Crippen molar-refractivity contribution in [2.24, 2.45) is 11.3 Å². The van der Waals surface area contributed by atoms with Crippen LogP contribution < -0.4 is 5.32 Å². The van der Waals surface area contributed by atoms with Gasteiger partial charge in [-0.25, -0.2) is 0 Å². The first-order valence-corrected chi connectivity index (χ1v) is 6.97. The first kappa shape index (κ1) is 12.3. The molecule has 0 saturated heterocycles. The number of thiocarbonyl (C=S) groups is 1. The average molecular weight is 241 g/mol. The number of rotatable bonds is 4. The normalized spacial score (nSPS) is 37.4. The molecule has 0 radical (unpaired) electrons. The van der Waals surface area contributed by atoms with Gasteiger partial charge >= 0.3 is 0 Å². The fraction of sp³-hybridized carbons (Fsp3) is 0.923. The van der Waals surface area contributed by atoms with E-state index in [0.717, 1.165) is 29.2 Å². The van der Waals surface area contributed by atoms with E-state index < -0.39 is 0 Å². The maximum Gasteiger partial charge on any atom is 0.0756 e. The van der Waals surface area contributed by atoms with Gasteiger partial charge < -0.3 is 10.4 Å². The summed E-state index contributed by atoms with van der Waals surface area (Å²) < 4.78 is 0. The van der Waals surface area contributed by atoms with E-state index in [9.17, 15) is 0 Å². The Balaban J connectivity index is 1.67. The average Bonchev–Trinajstić information content (AvgIpc) is 2.90. The molecule has 2 aliphatic rings. The van der Waals surface area contributed by atoms with Crippen molar-refractivity contribution in [2.75, 3.05) is 6.61 Å². The quantitative estimate of drug-likeness (QED) is 0.742. The molecule has 2 rings (SSSR count). The topological polar surface area (TPSA) is 32.3 Å². The first-order valence-electron chi connectivity index (χ1n) is 6.56. The van der Waals surface area contributed by atoms with Crippen LogP contribution in [0.4, 0.5) is 0 Å². The van der Waals surface area contributed by atoms with E-state index in [-0.39, 0.29) is 6.61 Å².